The Labute approximate surface area is 175 Å². The van der Waals surface area contributed by atoms with Crippen molar-refractivity contribution in [2.75, 3.05) is 40.1 Å². The van der Waals surface area contributed by atoms with Crippen LogP contribution in [0.2, 0.25) is 0 Å². The number of para-hydroxylation sites is 1. The molecule has 30 heavy (non-hydrogen) atoms. The monoisotopic (exact) mass is 411 g/mol. The number of carbonyl (C=O) groups is 2. The van der Waals surface area contributed by atoms with Gasteiger partial charge in [-0.05, 0) is 23.8 Å². The topological polar surface area (TPSA) is 80.3 Å². The third-order valence-electron chi connectivity index (χ3n) is 5.33. The first kappa shape index (κ1) is 20.0. The summed E-state index contributed by atoms with van der Waals surface area (Å²) in [5, 5.41) is 2.70. The van der Waals surface area contributed by atoms with Gasteiger partial charge in [-0.1, -0.05) is 24.3 Å². The summed E-state index contributed by atoms with van der Waals surface area (Å²) in [7, 11) is 1.58. The number of piperazine rings is 1. The van der Waals surface area contributed by atoms with E-state index in [4.69, 9.17) is 14.2 Å². The van der Waals surface area contributed by atoms with Crippen LogP contribution in [0.4, 0.5) is 0 Å². The normalized spacial score (nSPS) is 15.7. The van der Waals surface area contributed by atoms with E-state index in [1.165, 1.54) is 0 Å². The van der Waals surface area contributed by atoms with Crippen molar-refractivity contribution in [2.45, 2.75) is 13.1 Å². The SMILES string of the molecule is COc1ccccc1CNC(=O)C(=O)N1CCN(Cc2ccc3c(c2)OCO3)CC1. The quantitative estimate of drug-likeness (QED) is 0.749. The van der Waals surface area contributed by atoms with Crippen LogP contribution in [0.25, 0.3) is 0 Å². The fourth-order valence-electron chi connectivity index (χ4n) is 3.65. The largest absolute Gasteiger partial charge is 0.496 e. The van der Waals surface area contributed by atoms with Crippen molar-refractivity contribution in [3.8, 4) is 17.2 Å². The maximum atomic E-state index is 12.5. The molecule has 2 heterocycles. The summed E-state index contributed by atoms with van der Waals surface area (Å²) in [5.41, 5.74) is 1.96. The first-order chi connectivity index (χ1) is 14.6. The Bertz CT molecular complexity index is 925. The first-order valence-electron chi connectivity index (χ1n) is 9.94. The molecule has 1 saturated heterocycles. The number of nitrogens with one attached hydrogen (secondary N) is 1. The van der Waals surface area contributed by atoms with Gasteiger partial charge in [-0.2, -0.15) is 0 Å². The number of hydrogen-bond donors (Lipinski definition) is 1. The predicted molar refractivity (Wildman–Crippen MR) is 109 cm³/mol. The summed E-state index contributed by atoms with van der Waals surface area (Å²) in [6, 6.07) is 13.3. The molecule has 0 atom stereocenters. The number of carbonyl (C=O) groups excluding carboxylic acids is 2. The minimum absolute atomic E-state index is 0.249. The average molecular weight is 411 g/mol. The molecule has 4 rings (SSSR count). The summed E-state index contributed by atoms with van der Waals surface area (Å²) in [4.78, 5) is 28.7. The van der Waals surface area contributed by atoms with E-state index in [9.17, 15) is 9.59 Å². The maximum absolute atomic E-state index is 12.5. The van der Waals surface area contributed by atoms with Gasteiger partial charge < -0.3 is 24.4 Å². The van der Waals surface area contributed by atoms with E-state index in [0.29, 0.717) is 31.9 Å². The third kappa shape index (κ3) is 4.49. The number of ether oxygens (including phenoxy) is 3. The number of rotatable bonds is 5. The van der Waals surface area contributed by atoms with E-state index in [1.807, 2.05) is 42.5 Å². The number of methoxy groups -OCH3 is 1. The van der Waals surface area contributed by atoms with E-state index in [-0.39, 0.29) is 13.3 Å². The average Bonchev–Trinajstić information content (AvgIpc) is 3.25. The zero-order chi connectivity index (χ0) is 20.9. The van der Waals surface area contributed by atoms with E-state index in [0.717, 1.165) is 29.2 Å². The van der Waals surface area contributed by atoms with Gasteiger partial charge in [-0.15, -0.1) is 0 Å². The lowest BCUT2D eigenvalue weighted by atomic mass is 10.1. The van der Waals surface area contributed by atoms with Gasteiger partial charge in [-0.25, -0.2) is 0 Å². The molecule has 0 spiro atoms. The van der Waals surface area contributed by atoms with Crippen LogP contribution >= 0.6 is 0 Å². The molecule has 2 amide bonds. The second kappa shape index (κ2) is 9.04. The Balaban J connectivity index is 1.25. The fourth-order valence-corrected chi connectivity index (χ4v) is 3.65. The number of amides is 2. The Morgan fingerprint density at radius 1 is 1.03 bits per heavy atom. The summed E-state index contributed by atoms with van der Waals surface area (Å²) < 4.78 is 16.0. The van der Waals surface area contributed by atoms with Crippen LogP contribution in [0.5, 0.6) is 17.2 Å². The van der Waals surface area contributed by atoms with Crippen LogP contribution < -0.4 is 19.5 Å². The van der Waals surface area contributed by atoms with Gasteiger partial charge in [0.1, 0.15) is 5.75 Å². The second-order valence-electron chi connectivity index (χ2n) is 7.25. The maximum Gasteiger partial charge on any atom is 0.311 e. The van der Waals surface area contributed by atoms with Gasteiger partial charge in [0.25, 0.3) is 0 Å². The lowest BCUT2D eigenvalue weighted by Crippen LogP contribution is -2.52. The van der Waals surface area contributed by atoms with E-state index >= 15 is 0 Å². The van der Waals surface area contributed by atoms with Crippen LogP contribution in [-0.2, 0) is 22.7 Å². The summed E-state index contributed by atoms with van der Waals surface area (Å²) >= 11 is 0. The van der Waals surface area contributed by atoms with E-state index in [2.05, 4.69) is 10.2 Å². The molecule has 2 aliphatic rings. The Kier molecular flexibility index (Phi) is 6.04. The van der Waals surface area contributed by atoms with Crippen LogP contribution in [0.1, 0.15) is 11.1 Å². The Hall–Kier alpha value is -3.26. The molecule has 1 N–H and O–H groups in total. The third-order valence-corrected chi connectivity index (χ3v) is 5.33. The molecule has 2 aromatic carbocycles. The minimum Gasteiger partial charge on any atom is -0.496 e. The Morgan fingerprint density at radius 3 is 2.60 bits per heavy atom. The molecule has 0 aliphatic carbocycles. The van der Waals surface area contributed by atoms with E-state index in [1.54, 1.807) is 12.0 Å². The zero-order valence-corrected chi connectivity index (χ0v) is 16.9. The number of hydrogen-bond acceptors (Lipinski definition) is 6. The van der Waals surface area contributed by atoms with E-state index < -0.39 is 11.8 Å². The highest BCUT2D eigenvalue weighted by Crippen LogP contribution is 2.32. The van der Waals surface area contributed by atoms with Crippen molar-refractivity contribution >= 4 is 11.8 Å². The fraction of sp³-hybridized carbons (Fsp3) is 0.364. The zero-order valence-electron chi connectivity index (χ0n) is 16.9. The Morgan fingerprint density at radius 2 is 1.80 bits per heavy atom. The lowest BCUT2D eigenvalue weighted by Gasteiger charge is -2.34. The second-order valence-corrected chi connectivity index (χ2v) is 7.25. The highest BCUT2D eigenvalue weighted by Gasteiger charge is 2.26. The lowest BCUT2D eigenvalue weighted by molar-refractivity contribution is -0.147. The van der Waals surface area contributed by atoms with Crippen LogP contribution in [0.3, 0.4) is 0 Å². The van der Waals surface area contributed by atoms with Gasteiger partial charge in [0.15, 0.2) is 11.5 Å². The van der Waals surface area contributed by atoms with Crippen LogP contribution in [0, 0.1) is 0 Å². The summed E-state index contributed by atoms with van der Waals surface area (Å²) in [5.74, 6) is 1.14. The standard InChI is InChI=1S/C22H25N3O5/c1-28-18-5-3-2-4-17(18)13-23-21(26)22(27)25-10-8-24(9-11-25)14-16-6-7-19-20(12-16)30-15-29-19/h2-7,12H,8-11,13-15H2,1H3,(H,23,26). The predicted octanol–water partition coefficient (Wildman–Crippen LogP) is 1.38. The van der Waals surface area contributed by atoms with Crippen molar-refractivity contribution in [3.05, 3.63) is 53.6 Å². The highest BCUT2D eigenvalue weighted by atomic mass is 16.7. The van der Waals surface area contributed by atoms with Gasteiger partial charge in [0, 0.05) is 44.8 Å². The van der Waals surface area contributed by atoms with Gasteiger partial charge in [0.05, 0.1) is 7.11 Å². The molecule has 158 valence electrons. The molecule has 8 heteroatoms. The van der Waals surface area contributed by atoms with Crippen LogP contribution in [-0.4, -0.2) is 61.7 Å². The van der Waals surface area contributed by atoms with Gasteiger partial charge >= 0.3 is 11.8 Å². The molecular weight excluding hydrogens is 386 g/mol. The molecule has 0 saturated carbocycles. The minimum atomic E-state index is -0.592. The molecule has 2 aliphatic heterocycles. The van der Waals surface area contributed by atoms with Crippen LogP contribution in [0.15, 0.2) is 42.5 Å². The first-order valence-corrected chi connectivity index (χ1v) is 9.94. The molecular formula is C22H25N3O5. The molecule has 0 aromatic heterocycles. The number of nitrogens with zero attached hydrogens (tertiary/aromatic N) is 2. The molecule has 0 radical (unpaired) electrons. The summed E-state index contributed by atoms with van der Waals surface area (Å²) in [6.45, 7) is 3.73. The van der Waals surface area contributed by atoms with Crippen molar-refractivity contribution in [3.63, 3.8) is 0 Å². The molecule has 0 bridgehead atoms. The van der Waals surface area contributed by atoms with Gasteiger partial charge in [0.2, 0.25) is 6.79 Å². The summed E-state index contributed by atoms with van der Waals surface area (Å²) in [6.07, 6.45) is 0. The number of fused-ring (bicyclic) bond motifs is 1. The molecule has 0 unspecified atom stereocenters. The smallest absolute Gasteiger partial charge is 0.311 e. The number of benzene rings is 2. The molecule has 1 fully saturated rings. The highest BCUT2D eigenvalue weighted by molar-refractivity contribution is 6.35. The van der Waals surface area contributed by atoms with Crippen molar-refractivity contribution in [2.24, 2.45) is 0 Å². The van der Waals surface area contributed by atoms with Crippen molar-refractivity contribution < 1.29 is 23.8 Å². The molecule has 8 nitrogen and oxygen atoms in total. The van der Waals surface area contributed by atoms with Crippen molar-refractivity contribution in [1.82, 2.24) is 15.1 Å². The molecule has 2 aromatic rings. The van der Waals surface area contributed by atoms with Crippen molar-refractivity contribution in [1.29, 1.82) is 0 Å². The van der Waals surface area contributed by atoms with Gasteiger partial charge in [-0.3, -0.25) is 14.5 Å².